The number of hydrogen-bond acceptors (Lipinski definition) is 3. The summed E-state index contributed by atoms with van der Waals surface area (Å²) in [5.41, 5.74) is 0.642. The summed E-state index contributed by atoms with van der Waals surface area (Å²) < 4.78 is 3.08. The number of aromatic nitrogens is 3. The Morgan fingerprint density at radius 2 is 2.31 bits per heavy atom. The van der Waals surface area contributed by atoms with Crippen molar-refractivity contribution in [2.24, 2.45) is 0 Å². The maximum Gasteiger partial charge on any atom is 0.350 e. The second-order valence-electron chi connectivity index (χ2n) is 3.64. The number of nitrogens with one attached hydrogen (secondary N) is 1. The minimum atomic E-state index is -0.0629. The Morgan fingerprint density at radius 1 is 1.44 bits per heavy atom. The molecule has 2 aromatic heterocycles. The van der Waals surface area contributed by atoms with E-state index in [0.717, 1.165) is 19.5 Å². The molecule has 5 heteroatoms. The minimum Gasteiger partial charge on any atom is -0.317 e. The molecule has 16 heavy (non-hydrogen) atoms. The highest BCUT2D eigenvalue weighted by atomic mass is 16.2. The third kappa shape index (κ3) is 2.14. The van der Waals surface area contributed by atoms with Crippen molar-refractivity contribution in [2.45, 2.75) is 19.9 Å². The van der Waals surface area contributed by atoms with E-state index < -0.39 is 0 Å². The summed E-state index contributed by atoms with van der Waals surface area (Å²) in [6.07, 6.45) is 2.66. The number of hydrogen-bond donors (Lipinski definition) is 1. The lowest BCUT2D eigenvalue weighted by Crippen LogP contribution is -2.23. The Kier molecular flexibility index (Phi) is 3.36. The fourth-order valence-corrected chi connectivity index (χ4v) is 1.64. The first kappa shape index (κ1) is 10.9. The fraction of sp³-hybridized carbons (Fsp3) is 0.455. The molecule has 2 heterocycles. The van der Waals surface area contributed by atoms with Crippen molar-refractivity contribution in [3.05, 3.63) is 34.9 Å². The molecular weight excluding hydrogens is 204 g/mol. The van der Waals surface area contributed by atoms with Crippen LogP contribution in [0, 0.1) is 0 Å². The van der Waals surface area contributed by atoms with Gasteiger partial charge in [0.25, 0.3) is 0 Å². The van der Waals surface area contributed by atoms with Gasteiger partial charge in [-0.3, -0.25) is 4.40 Å². The average molecular weight is 220 g/mol. The van der Waals surface area contributed by atoms with Crippen LogP contribution in [-0.4, -0.2) is 27.3 Å². The van der Waals surface area contributed by atoms with E-state index in [1.807, 2.05) is 18.2 Å². The molecule has 5 nitrogen and oxygen atoms in total. The molecule has 0 spiro atoms. The first-order valence-corrected chi connectivity index (χ1v) is 5.58. The zero-order chi connectivity index (χ0) is 11.4. The van der Waals surface area contributed by atoms with Gasteiger partial charge in [-0.05, 0) is 31.6 Å². The molecule has 0 amide bonds. The number of nitrogens with zero attached hydrogens (tertiary/aromatic N) is 3. The molecule has 0 aliphatic rings. The Hall–Kier alpha value is -1.62. The van der Waals surface area contributed by atoms with Crippen molar-refractivity contribution in [3.8, 4) is 0 Å². The maximum absolute atomic E-state index is 11.8. The van der Waals surface area contributed by atoms with Crippen LogP contribution in [0.5, 0.6) is 0 Å². The van der Waals surface area contributed by atoms with Crippen LogP contribution in [0.3, 0.4) is 0 Å². The van der Waals surface area contributed by atoms with Gasteiger partial charge >= 0.3 is 5.69 Å². The van der Waals surface area contributed by atoms with E-state index in [-0.39, 0.29) is 5.69 Å². The van der Waals surface area contributed by atoms with Gasteiger partial charge in [0.2, 0.25) is 0 Å². The van der Waals surface area contributed by atoms with Crippen LogP contribution >= 0.6 is 0 Å². The Morgan fingerprint density at radius 3 is 3.06 bits per heavy atom. The van der Waals surface area contributed by atoms with Crippen molar-refractivity contribution in [2.75, 3.05) is 13.1 Å². The fourth-order valence-electron chi connectivity index (χ4n) is 1.64. The number of aryl methyl sites for hydroxylation is 1. The van der Waals surface area contributed by atoms with Crippen LogP contribution in [0.4, 0.5) is 0 Å². The summed E-state index contributed by atoms with van der Waals surface area (Å²) >= 11 is 0. The Labute approximate surface area is 93.7 Å². The molecule has 0 fully saturated rings. The SMILES string of the molecule is CCNCCCn1nc2ccccn2c1=O. The molecule has 0 unspecified atom stereocenters. The van der Waals surface area contributed by atoms with Gasteiger partial charge in [0, 0.05) is 12.7 Å². The van der Waals surface area contributed by atoms with Crippen molar-refractivity contribution in [1.29, 1.82) is 0 Å². The van der Waals surface area contributed by atoms with Crippen molar-refractivity contribution in [3.63, 3.8) is 0 Å². The van der Waals surface area contributed by atoms with Crippen molar-refractivity contribution in [1.82, 2.24) is 19.5 Å². The smallest absolute Gasteiger partial charge is 0.317 e. The van der Waals surface area contributed by atoms with Crippen molar-refractivity contribution >= 4 is 5.65 Å². The van der Waals surface area contributed by atoms with Gasteiger partial charge in [0.15, 0.2) is 5.65 Å². The van der Waals surface area contributed by atoms with E-state index >= 15 is 0 Å². The van der Waals surface area contributed by atoms with E-state index in [9.17, 15) is 4.79 Å². The highest BCUT2D eigenvalue weighted by Gasteiger charge is 2.04. The highest BCUT2D eigenvalue weighted by Crippen LogP contribution is 1.95. The number of rotatable bonds is 5. The Bertz CT molecular complexity index is 514. The third-order valence-electron chi connectivity index (χ3n) is 2.46. The van der Waals surface area contributed by atoms with Gasteiger partial charge in [-0.2, -0.15) is 0 Å². The standard InChI is InChI=1S/C11H16N4O/c1-2-12-7-5-9-15-11(16)14-8-4-3-6-10(14)13-15/h3-4,6,8,12H,2,5,7,9H2,1H3. The molecule has 0 aliphatic heterocycles. The molecular formula is C11H16N4O. The van der Waals surface area contributed by atoms with Crippen LogP contribution in [0.2, 0.25) is 0 Å². The molecule has 2 aromatic rings. The molecule has 1 N–H and O–H groups in total. The van der Waals surface area contributed by atoms with Gasteiger partial charge in [0.1, 0.15) is 0 Å². The van der Waals surface area contributed by atoms with Crippen LogP contribution in [0.25, 0.3) is 5.65 Å². The average Bonchev–Trinajstić information content (AvgIpc) is 2.63. The first-order chi connectivity index (χ1) is 7.83. The van der Waals surface area contributed by atoms with Gasteiger partial charge in [-0.1, -0.05) is 13.0 Å². The maximum atomic E-state index is 11.8. The quantitative estimate of drug-likeness (QED) is 0.746. The van der Waals surface area contributed by atoms with E-state index in [4.69, 9.17) is 0 Å². The van der Waals surface area contributed by atoms with Gasteiger partial charge in [0.05, 0.1) is 0 Å². The summed E-state index contributed by atoms with van der Waals surface area (Å²) in [5, 5.41) is 7.47. The van der Waals surface area contributed by atoms with Gasteiger partial charge in [-0.15, -0.1) is 5.10 Å². The number of fused-ring (bicyclic) bond motifs is 1. The van der Waals surface area contributed by atoms with Crippen LogP contribution in [-0.2, 0) is 6.54 Å². The molecule has 0 saturated heterocycles. The molecule has 0 radical (unpaired) electrons. The molecule has 0 aromatic carbocycles. The molecule has 0 atom stereocenters. The van der Waals surface area contributed by atoms with E-state index in [1.165, 1.54) is 4.68 Å². The first-order valence-electron chi connectivity index (χ1n) is 5.58. The topological polar surface area (TPSA) is 51.3 Å². The van der Waals surface area contributed by atoms with E-state index in [0.29, 0.717) is 12.2 Å². The van der Waals surface area contributed by atoms with E-state index in [2.05, 4.69) is 17.3 Å². The third-order valence-corrected chi connectivity index (χ3v) is 2.46. The predicted octanol–water partition coefficient (Wildman–Crippen LogP) is 0.496. The Balaban J connectivity index is 2.13. The normalized spacial score (nSPS) is 11.1. The number of pyridine rings is 1. The predicted molar refractivity (Wildman–Crippen MR) is 62.6 cm³/mol. The minimum absolute atomic E-state index is 0.0629. The van der Waals surface area contributed by atoms with E-state index in [1.54, 1.807) is 10.6 Å². The van der Waals surface area contributed by atoms with Gasteiger partial charge in [-0.25, -0.2) is 9.48 Å². The second kappa shape index (κ2) is 4.94. The van der Waals surface area contributed by atoms with Gasteiger partial charge < -0.3 is 5.32 Å². The zero-order valence-electron chi connectivity index (χ0n) is 9.39. The summed E-state index contributed by atoms with van der Waals surface area (Å²) in [6, 6.07) is 5.55. The largest absolute Gasteiger partial charge is 0.350 e. The van der Waals surface area contributed by atoms with Crippen LogP contribution < -0.4 is 11.0 Å². The van der Waals surface area contributed by atoms with Crippen LogP contribution in [0.1, 0.15) is 13.3 Å². The summed E-state index contributed by atoms with van der Waals surface area (Å²) in [5.74, 6) is 0. The second-order valence-corrected chi connectivity index (χ2v) is 3.64. The lowest BCUT2D eigenvalue weighted by molar-refractivity contribution is 0.537. The molecule has 2 rings (SSSR count). The molecule has 86 valence electrons. The lowest BCUT2D eigenvalue weighted by Gasteiger charge is -2.00. The highest BCUT2D eigenvalue weighted by molar-refractivity contribution is 5.35. The summed E-state index contributed by atoms with van der Waals surface area (Å²) in [6.45, 7) is 4.60. The molecule has 0 saturated carbocycles. The molecule has 0 aliphatic carbocycles. The molecule has 0 bridgehead atoms. The summed E-state index contributed by atoms with van der Waals surface area (Å²) in [7, 11) is 0. The van der Waals surface area contributed by atoms with Crippen molar-refractivity contribution < 1.29 is 0 Å². The lowest BCUT2D eigenvalue weighted by atomic mass is 10.4. The monoisotopic (exact) mass is 220 g/mol. The summed E-state index contributed by atoms with van der Waals surface area (Å²) in [4.78, 5) is 11.8. The zero-order valence-corrected chi connectivity index (χ0v) is 9.39. The van der Waals surface area contributed by atoms with Crippen LogP contribution in [0.15, 0.2) is 29.2 Å².